The Hall–Kier alpha value is -3.95. The van der Waals surface area contributed by atoms with Crippen LogP contribution >= 0.6 is 0 Å². The lowest BCUT2D eigenvalue weighted by Crippen LogP contribution is -2.42. The number of nitrogens with zero attached hydrogens (tertiary/aromatic N) is 2. The molecule has 29 heavy (non-hydrogen) atoms. The number of hydrogen-bond acceptors (Lipinski definition) is 6. The van der Waals surface area contributed by atoms with Gasteiger partial charge in [-0.2, -0.15) is 0 Å². The predicted molar refractivity (Wildman–Crippen MR) is 102 cm³/mol. The third-order valence-corrected chi connectivity index (χ3v) is 4.60. The summed E-state index contributed by atoms with van der Waals surface area (Å²) in [6.07, 6.45) is 0. The van der Waals surface area contributed by atoms with E-state index in [-0.39, 0.29) is 17.1 Å². The van der Waals surface area contributed by atoms with Crippen LogP contribution in [0, 0.1) is 10.1 Å². The minimum Gasteiger partial charge on any atom is -0.494 e. The standard InChI is InChI=1S/C19H18N4O6/c1-19(12-6-4-3-5-7-12)17(25)22(18(26)21-19)11-16(24)20-14-9-8-13(23(27)28)10-15(14)29-2/h3-10H,11H2,1-2H3,(H,20,24)(H,21,26)/t19-/m0/s1. The number of anilines is 1. The number of carbonyl (C=O) groups is 3. The van der Waals surface area contributed by atoms with E-state index >= 15 is 0 Å². The maximum absolute atomic E-state index is 12.8. The maximum atomic E-state index is 12.8. The molecule has 2 aromatic carbocycles. The Morgan fingerprint density at radius 2 is 1.93 bits per heavy atom. The Bertz CT molecular complexity index is 993. The predicted octanol–water partition coefficient (Wildman–Crippen LogP) is 2.01. The van der Waals surface area contributed by atoms with Crippen molar-refractivity contribution < 1.29 is 24.0 Å². The van der Waals surface area contributed by atoms with E-state index in [0.717, 1.165) is 11.0 Å². The average Bonchev–Trinajstić information content (AvgIpc) is 2.92. The molecular formula is C19H18N4O6. The van der Waals surface area contributed by atoms with Crippen LogP contribution in [-0.4, -0.2) is 41.3 Å². The molecule has 1 atom stereocenters. The molecule has 10 heteroatoms. The number of rotatable bonds is 6. The topological polar surface area (TPSA) is 131 Å². The Balaban J connectivity index is 1.75. The lowest BCUT2D eigenvalue weighted by Gasteiger charge is -2.22. The molecule has 4 amide bonds. The average molecular weight is 398 g/mol. The fraction of sp³-hybridized carbons (Fsp3) is 0.211. The second kappa shape index (κ2) is 7.58. The fourth-order valence-corrected chi connectivity index (χ4v) is 3.04. The SMILES string of the molecule is COc1cc([N+](=O)[O-])ccc1NC(=O)CN1C(=O)N[C@@](C)(c2ccccc2)C1=O. The van der Waals surface area contributed by atoms with Crippen LogP contribution in [0.15, 0.2) is 48.5 Å². The van der Waals surface area contributed by atoms with Crippen molar-refractivity contribution in [3.05, 3.63) is 64.2 Å². The zero-order valence-corrected chi connectivity index (χ0v) is 15.7. The number of nitrogens with one attached hydrogen (secondary N) is 2. The fourth-order valence-electron chi connectivity index (χ4n) is 3.04. The molecule has 0 bridgehead atoms. The highest BCUT2D eigenvalue weighted by Gasteiger charge is 2.49. The largest absolute Gasteiger partial charge is 0.494 e. The van der Waals surface area contributed by atoms with Gasteiger partial charge in [0.15, 0.2) is 0 Å². The van der Waals surface area contributed by atoms with Crippen molar-refractivity contribution in [2.75, 3.05) is 19.0 Å². The van der Waals surface area contributed by atoms with Crippen LogP contribution in [0.5, 0.6) is 5.75 Å². The maximum Gasteiger partial charge on any atom is 0.325 e. The molecule has 150 valence electrons. The van der Waals surface area contributed by atoms with Crippen molar-refractivity contribution in [1.82, 2.24) is 10.2 Å². The first-order valence-corrected chi connectivity index (χ1v) is 8.58. The van der Waals surface area contributed by atoms with E-state index in [1.54, 1.807) is 37.3 Å². The van der Waals surface area contributed by atoms with Crippen LogP contribution in [0.25, 0.3) is 0 Å². The number of non-ortho nitro benzene ring substituents is 1. The van der Waals surface area contributed by atoms with E-state index < -0.39 is 34.9 Å². The van der Waals surface area contributed by atoms with Crippen LogP contribution in [0.2, 0.25) is 0 Å². The number of urea groups is 1. The number of benzene rings is 2. The molecule has 1 heterocycles. The third-order valence-electron chi connectivity index (χ3n) is 4.60. The van der Waals surface area contributed by atoms with Crippen molar-refractivity contribution in [2.24, 2.45) is 0 Å². The second-order valence-corrected chi connectivity index (χ2v) is 6.50. The number of nitro benzene ring substituents is 1. The molecule has 1 fully saturated rings. The van der Waals surface area contributed by atoms with Gasteiger partial charge in [-0.1, -0.05) is 30.3 Å². The summed E-state index contributed by atoms with van der Waals surface area (Å²) in [5.74, 6) is -1.13. The van der Waals surface area contributed by atoms with Gasteiger partial charge in [-0.15, -0.1) is 0 Å². The van der Waals surface area contributed by atoms with Gasteiger partial charge in [0.1, 0.15) is 17.8 Å². The Kier molecular flexibility index (Phi) is 5.18. The molecule has 0 spiro atoms. The van der Waals surface area contributed by atoms with Crippen LogP contribution in [0.1, 0.15) is 12.5 Å². The number of carbonyl (C=O) groups excluding carboxylic acids is 3. The van der Waals surface area contributed by atoms with Gasteiger partial charge in [0.2, 0.25) is 5.91 Å². The number of methoxy groups -OCH3 is 1. The zero-order chi connectivity index (χ0) is 21.2. The molecule has 0 aromatic heterocycles. The van der Waals surface area contributed by atoms with Gasteiger partial charge in [0.25, 0.3) is 11.6 Å². The highest BCUT2D eigenvalue weighted by molar-refractivity contribution is 6.10. The van der Waals surface area contributed by atoms with Gasteiger partial charge in [0.05, 0.1) is 23.8 Å². The van der Waals surface area contributed by atoms with Crippen LogP contribution in [-0.2, 0) is 15.1 Å². The van der Waals surface area contributed by atoms with Gasteiger partial charge < -0.3 is 15.4 Å². The molecule has 3 rings (SSSR count). The van der Waals surface area contributed by atoms with Gasteiger partial charge >= 0.3 is 6.03 Å². The van der Waals surface area contributed by atoms with Crippen molar-refractivity contribution in [3.63, 3.8) is 0 Å². The summed E-state index contributed by atoms with van der Waals surface area (Å²) in [5, 5.41) is 16.0. The summed E-state index contributed by atoms with van der Waals surface area (Å²) in [6, 6.07) is 11.7. The summed E-state index contributed by atoms with van der Waals surface area (Å²) in [7, 11) is 1.30. The minimum absolute atomic E-state index is 0.0823. The zero-order valence-electron chi connectivity index (χ0n) is 15.7. The molecule has 1 saturated heterocycles. The van der Waals surface area contributed by atoms with E-state index in [1.165, 1.54) is 19.2 Å². The monoisotopic (exact) mass is 398 g/mol. The summed E-state index contributed by atoms with van der Waals surface area (Å²) < 4.78 is 5.06. The third kappa shape index (κ3) is 3.72. The smallest absolute Gasteiger partial charge is 0.325 e. The first-order valence-electron chi connectivity index (χ1n) is 8.58. The first-order chi connectivity index (χ1) is 13.8. The van der Waals surface area contributed by atoms with Crippen LogP contribution in [0.4, 0.5) is 16.2 Å². The Labute approximate surface area is 165 Å². The molecule has 1 aliphatic heterocycles. The van der Waals surface area contributed by atoms with Crippen molar-refractivity contribution >= 4 is 29.2 Å². The summed E-state index contributed by atoms with van der Waals surface area (Å²) >= 11 is 0. The second-order valence-electron chi connectivity index (χ2n) is 6.50. The molecule has 0 radical (unpaired) electrons. The van der Waals surface area contributed by atoms with Crippen LogP contribution in [0.3, 0.4) is 0 Å². The van der Waals surface area contributed by atoms with Gasteiger partial charge in [0, 0.05) is 6.07 Å². The van der Waals surface area contributed by atoms with E-state index in [1.807, 2.05) is 0 Å². The summed E-state index contributed by atoms with van der Waals surface area (Å²) in [4.78, 5) is 48.7. The van der Waals surface area contributed by atoms with Crippen molar-refractivity contribution in [1.29, 1.82) is 0 Å². The molecule has 0 saturated carbocycles. The molecule has 2 N–H and O–H groups in total. The van der Waals surface area contributed by atoms with Gasteiger partial charge in [-0.3, -0.25) is 24.6 Å². The van der Waals surface area contributed by atoms with Gasteiger partial charge in [-0.05, 0) is 18.6 Å². The van der Waals surface area contributed by atoms with Crippen molar-refractivity contribution in [3.8, 4) is 5.75 Å². The Morgan fingerprint density at radius 3 is 2.55 bits per heavy atom. The van der Waals surface area contributed by atoms with E-state index in [4.69, 9.17) is 4.74 Å². The van der Waals surface area contributed by atoms with Crippen LogP contribution < -0.4 is 15.4 Å². The lowest BCUT2D eigenvalue weighted by atomic mass is 9.92. The van der Waals surface area contributed by atoms with Crippen molar-refractivity contribution in [2.45, 2.75) is 12.5 Å². The van der Waals surface area contributed by atoms with E-state index in [0.29, 0.717) is 5.56 Å². The number of nitro groups is 1. The number of ether oxygens (including phenoxy) is 1. The molecule has 2 aromatic rings. The lowest BCUT2D eigenvalue weighted by molar-refractivity contribution is -0.384. The molecular weight excluding hydrogens is 380 g/mol. The summed E-state index contributed by atoms with van der Waals surface area (Å²) in [6.45, 7) is 1.05. The minimum atomic E-state index is -1.27. The quantitative estimate of drug-likeness (QED) is 0.435. The number of hydrogen-bond donors (Lipinski definition) is 2. The van der Waals surface area contributed by atoms with E-state index in [9.17, 15) is 24.5 Å². The van der Waals surface area contributed by atoms with E-state index in [2.05, 4.69) is 10.6 Å². The molecule has 1 aliphatic rings. The summed E-state index contributed by atoms with van der Waals surface area (Å²) in [5.41, 5.74) is -0.698. The first kappa shape index (κ1) is 19.8. The molecule has 10 nitrogen and oxygen atoms in total. The number of imide groups is 1. The number of amides is 4. The highest BCUT2D eigenvalue weighted by atomic mass is 16.6. The Morgan fingerprint density at radius 1 is 1.24 bits per heavy atom. The molecule has 0 unspecified atom stereocenters. The van der Waals surface area contributed by atoms with Gasteiger partial charge in [-0.25, -0.2) is 4.79 Å². The molecule has 0 aliphatic carbocycles. The normalized spacial score (nSPS) is 18.3. The highest BCUT2D eigenvalue weighted by Crippen LogP contribution is 2.30.